The third kappa shape index (κ3) is 13.4. The molecule has 0 aliphatic carbocycles. The van der Waals surface area contributed by atoms with Gasteiger partial charge in [-0.1, -0.05) is 27.7 Å². The normalized spacial score (nSPS) is 37.4. The van der Waals surface area contributed by atoms with E-state index in [0.717, 1.165) is 0 Å². The number of likely N-dealkylation sites (N-methyl/N-ethyl adjacent to an activating group) is 1. The van der Waals surface area contributed by atoms with E-state index in [4.69, 9.17) is 47.4 Å². The summed E-state index contributed by atoms with van der Waals surface area (Å²) in [6.45, 7) is 19.3. The maximum absolute atomic E-state index is 14.8. The van der Waals surface area contributed by atoms with Crippen molar-refractivity contribution >= 4 is 46.5 Å². The van der Waals surface area contributed by atoms with Crippen LogP contribution in [0.2, 0.25) is 0 Å². The fourth-order valence-corrected chi connectivity index (χ4v) is 12.6. The van der Waals surface area contributed by atoms with Crippen molar-refractivity contribution in [2.75, 3.05) is 72.9 Å². The summed E-state index contributed by atoms with van der Waals surface area (Å²) in [6.07, 6.45) is -5.81. The number of nitrogens with one attached hydrogen (secondary N) is 1. The van der Waals surface area contributed by atoms with Gasteiger partial charge in [-0.05, 0) is 81.0 Å². The van der Waals surface area contributed by atoms with Crippen molar-refractivity contribution in [2.45, 2.75) is 184 Å². The third-order valence-electron chi connectivity index (χ3n) is 16.3. The summed E-state index contributed by atoms with van der Waals surface area (Å²) in [6, 6.07) is 1.30. The molecule has 0 bridgehead atoms. The van der Waals surface area contributed by atoms with Crippen LogP contribution < -0.4 is 15.8 Å². The Labute approximate surface area is 456 Å². The predicted molar refractivity (Wildman–Crippen MR) is 285 cm³/mol. The first-order chi connectivity index (χ1) is 36.1. The zero-order chi connectivity index (χ0) is 57.1. The van der Waals surface area contributed by atoms with Crippen molar-refractivity contribution in [3.8, 4) is 0 Å². The molecule has 6 rings (SSSR count). The number of ketones is 1. The van der Waals surface area contributed by atoms with E-state index in [2.05, 4.69) is 10.3 Å². The van der Waals surface area contributed by atoms with Crippen LogP contribution in [0.4, 0.5) is 4.79 Å². The smallest absolute Gasteiger partial charge is 0.477 e. The summed E-state index contributed by atoms with van der Waals surface area (Å²) in [4.78, 5) is 73.6. The first-order valence-corrected chi connectivity index (χ1v) is 27.7. The molecule has 22 nitrogen and oxygen atoms in total. The number of Topliss-reactive ketones (excluding diaryl/α,β-unsaturated/α-hetero) is 1. The highest BCUT2D eigenvalue weighted by Gasteiger charge is 2.60. The molecule has 0 saturated carbocycles. The summed E-state index contributed by atoms with van der Waals surface area (Å²) in [7, 11) is 10.4. The summed E-state index contributed by atoms with van der Waals surface area (Å²) in [5, 5.41) is 27.4. The molecule has 4 fully saturated rings. The van der Waals surface area contributed by atoms with Crippen LogP contribution in [0.15, 0.2) is 28.3 Å². The highest BCUT2D eigenvalue weighted by Crippen LogP contribution is 2.44. The van der Waals surface area contributed by atoms with Crippen molar-refractivity contribution in [1.29, 1.82) is 0 Å². The van der Waals surface area contributed by atoms with Gasteiger partial charge in [0.05, 0.1) is 76.2 Å². The molecule has 23 heteroatoms. The number of carboxylic acids is 1. The Hall–Kier alpha value is -4.01. The third-order valence-corrected chi connectivity index (χ3v) is 17.2. The van der Waals surface area contributed by atoms with Crippen LogP contribution in [-0.4, -0.2) is 201 Å². The number of carboxylic acid groups (broad SMARTS) is 1. The SMILES string of the molecule is CC[C@H]1OC(=O)[C@H](C)[C@@H](O[C@H]2C[C@@](C)(OC)[C@@H](OCCNCCSc3cc4c(=O)c(C(=O)O)cn(N(C)C)c4cn3)[C@H](C)O2)[C@H](C)[C@@H](O[C@@H]2O[C@H](C)C[C@H](N(C)C)[C@H]2O)[C@](C)(OC)C[C@@H](C)C(=O)C(C)[C@H]2OC(=O)O[C@@]21C. The van der Waals surface area contributed by atoms with Gasteiger partial charge < -0.3 is 72.8 Å². The lowest BCUT2D eigenvalue weighted by atomic mass is 9.74. The van der Waals surface area contributed by atoms with Gasteiger partial charge in [0.1, 0.15) is 29.7 Å². The summed E-state index contributed by atoms with van der Waals surface area (Å²) in [5.74, 6) is -4.93. The van der Waals surface area contributed by atoms with Gasteiger partial charge >= 0.3 is 18.1 Å². The van der Waals surface area contributed by atoms with Gasteiger partial charge in [0.25, 0.3) is 0 Å². The second-order valence-electron chi connectivity index (χ2n) is 22.4. The van der Waals surface area contributed by atoms with E-state index in [1.807, 2.05) is 53.6 Å². The maximum Gasteiger partial charge on any atom is 0.509 e. The number of methoxy groups -OCH3 is 2. The number of aliphatic hydroxyl groups is 1. The first kappa shape index (κ1) is 62.2. The lowest BCUT2D eigenvalue weighted by molar-refractivity contribution is -0.321. The number of esters is 1. The van der Waals surface area contributed by atoms with E-state index < -0.39 is 119 Å². The number of aliphatic hydroxyl groups excluding tert-OH is 1. The van der Waals surface area contributed by atoms with Gasteiger partial charge in [-0.2, -0.15) is 0 Å². The molecule has 18 atom stereocenters. The zero-order valence-corrected chi connectivity index (χ0v) is 48.6. The molecule has 4 saturated heterocycles. The molecule has 3 N–H and O–H groups in total. The summed E-state index contributed by atoms with van der Waals surface area (Å²) >= 11 is 1.42. The molecule has 1 unspecified atom stereocenters. The fourth-order valence-electron chi connectivity index (χ4n) is 11.9. The number of hydrogen-bond acceptors (Lipinski definition) is 21. The Balaban J connectivity index is 1.21. The van der Waals surface area contributed by atoms with E-state index >= 15 is 0 Å². The molecule has 4 aliphatic rings. The van der Waals surface area contributed by atoms with Crippen LogP contribution in [0.25, 0.3) is 10.9 Å². The van der Waals surface area contributed by atoms with E-state index in [1.165, 1.54) is 25.1 Å². The van der Waals surface area contributed by atoms with Gasteiger partial charge in [0.2, 0.25) is 5.43 Å². The lowest BCUT2D eigenvalue weighted by Gasteiger charge is -2.50. The number of aromatic nitrogens is 2. The van der Waals surface area contributed by atoms with Gasteiger partial charge in [-0.3, -0.25) is 19.1 Å². The van der Waals surface area contributed by atoms with E-state index in [9.17, 15) is 34.2 Å². The Bertz CT molecular complexity index is 2450. The number of cyclic esters (lactones) is 1. The first-order valence-electron chi connectivity index (χ1n) is 26.8. The zero-order valence-electron chi connectivity index (χ0n) is 47.8. The van der Waals surface area contributed by atoms with Gasteiger partial charge in [0.15, 0.2) is 24.3 Å². The minimum absolute atomic E-state index is 0.114. The van der Waals surface area contributed by atoms with Gasteiger partial charge in [-0.25, -0.2) is 14.6 Å². The van der Waals surface area contributed by atoms with Gasteiger partial charge in [0, 0.05) is 77.7 Å². The van der Waals surface area contributed by atoms with Crippen LogP contribution >= 0.6 is 11.8 Å². The quantitative estimate of drug-likeness (QED) is 0.104. The van der Waals surface area contributed by atoms with Crippen LogP contribution in [0, 0.1) is 23.7 Å². The Morgan fingerprint density at radius 2 is 1.60 bits per heavy atom. The van der Waals surface area contributed by atoms with Crippen LogP contribution in [0.3, 0.4) is 0 Å². The highest BCUT2D eigenvalue weighted by atomic mass is 32.2. The van der Waals surface area contributed by atoms with Crippen LogP contribution in [0.5, 0.6) is 0 Å². The fraction of sp³-hybridized carbons (Fsp3) is 0.778. The molecule has 0 spiro atoms. The second kappa shape index (κ2) is 25.6. The Morgan fingerprint density at radius 1 is 0.922 bits per heavy atom. The predicted octanol–water partition coefficient (Wildman–Crippen LogP) is 4.63. The average Bonchev–Trinajstić information content (AvgIpc) is 3.72. The number of aromatic carboxylic acids is 1. The Kier molecular flexibility index (Phi) is 20.7. The van der Waals surface area contributed by atoms with E-state index in [0.29, 0.717) is 42.4 Å². The number of rotatable bonds is 18. The van der Waals surface area contributed by atoms with E-state index in [1.54, 1.807) is 77.8 Å². The summed E-state index contributed by atoms with van der Waals surface area (Å²) < 4.78 is 65.6. The average molecular weight is 1110 g/mol. The maximum atomic E-state index is 14.8. The lowest BCUT2D eigenvalue weighted by Crippen LogP contribution is -2.61. The molecule has 0 amide bonds. The van der Waals surface area contributed by atoms with E-state index in [-0.39, 0.29) is 48.1 Å². The molecule has 6 heterocycles. The number of carbonyl (C=O) groups is 4. The number of nitrogens with zero attached hydrogens (tertiary/aromatic N) is 4. The number of pyridine rings is 2. The molecule has 434 valence electrons. The standard InChI is InChI=1S/C54H85N5O17S/c1-17-38-54(10)46(75-51(66)76-54)30(4)41(60)28(2)24-52(8,67-15)45(74-50-43(62)36(57(11)12)22-29(3)70-50)31(5)44(32(6)49(65)72-38)73-40-25-53(9,68-16)47(33(7)71-40)69-20-18-55-19-21-77-39-23-34-37(26-56-39)59(58(13)14)27-35(42(34)61)48(63)64/h23,26-33,36,38,40,43-47,50,55,62H,17-22,24-25H2,1-16H3,(H,63,64)/t28-,29-,30?,31+,32-,33+,36+,38-,40+,43-,44+,45-,46-,47+,50+,52-,53-,54-/m1/s1. The highest BCUT2D eigenvalue weighted by molar-refractivity contribution is 7.99. The van der Waals surface area contributed by atoms with Crippen molar-refractivity contribution in [3.63, 3.8) is 0 Å². The van der Waals surface area contributed by atoms with Gasteiger partial charge in [-0.15, -0.1) is 11.8 Å². The second-order valence-corrected chi connectivity index (χ2v) is 23.5. The molecule has 0 aromatic carbocycles. The number of thioether (sulfide) groups is 1. The van der Waals surface area contributed by atoms with Crippen LogP contribution in [-0.2, 0) is 57.0 Å². The minimum Gasteiger partial charge on any atom is -0.477 e. The molecule has 2 aromatic rings. The molecule has 2 aromatic heterocycles. The number of carbonyl (C=O) groups excluding carboxylic acids is 3. The number of ether oxygens (including phenoxy) is 10. The number of hydrogen-bond donors (Lipinski definition) is 3. The molecule has 77 heavy (non-hydrogen) atoms. The Morgan fingerprint density at radius 3 is 2.22 bits per heavy atom. The summed E-state index contributed by atoms with van der Waals surface area (Å²) in [5.41, 5.74) is -4.16. The van der Waals surface area contributed by atoms with Crippen molar-refractivity contribution < 1.29 is 76.8 Å². The van der Waals surface area contributed by atoms with Crippen molar-refractivity contribution in [3.05, 3.63) is 34.2 Å². The largest absolute Gasteiger partial charge is 0.509 e. The molecule has 4 aliphatic heterocycles. The minimum atomic E-state index is -1.51. The topological polar surface area (TPSA) is 254 Å². The molecular formula is C54H85N5O17S. The van der Waals surface area contributed by atoms with Crippen molar-refractivity contribution in [1.82, 2.24) is 19.9 Å². The molecular weight excluding hydrogens is 1020 g/mol. The van der Waals surface area contributed by atoms with Crippen LogP contribution in [0.1, 0.15) is 105 Å². The monoisotopic (exact) mass is 1110 g/mol. The molecule has 0 radical (unpaired) electrons. The van der Waals surface area contributed by atoms with Crippen molar-refractivity contribution in [2.24, 2.45) is 23.7 Å². The number of fused-ring (bicyclic) bond motifs is 2.